The first-order valence-corrected chi connectivity index (χ1v) is 9.69. The average Bonchev–Trinajstić information content (AvgIpc) is 2.64. The molecule has 157 valence electrons. The van der Waals surface area contributed by atoms with Gasteiger partial charge < -0.3 is 25.3 Å². The number of aliphatic hydroxyl groups is 3. The molecule has 0 aromatic rings. The zero-order valence-corrected chi connectivity index (χ0v) is 19.7. The summed E-state index contributed by atoms with van der Waals surface area (Å²) in [5, 5.41) is 32.9. The van der Waals surface area contributed by atoms with Gasteiger partial charge in [0.2, 0.25) is 5.91 Å². The van der Waals surface area contributed by atoms with Gasteiger partial charge in [-0.3, -0.25) is 4.79 Å². The molecule has 0 saturated heterocycles. The standard InChI is InChI=1S/C16H31NO3.C3H8O3.Na/c1-4-5-6-7-8-9-10-11-12-13-15(18)17(3)14(2)16(19)20;4-1-3(6)2-5;/h14H,4-13H2,1-3H3,(H,19,20);3-6H,1-2H2;/t14-;;/m0../s1. The Morgan fingerprint density at radius 2 is 1.30 bits per heavy atom. The van der Waals surface area contributed by atoms with Gasteiger partial charge in [-0.25, -0.2) is 4.79 Å². The summed E-state index contributed by atoms with van der Waals surface area (Å²) in [7, 11) is 1.56. The smallest absolute Gasteiger partial charge is 0.326 e. The molecule has 0 spiro atoms. The van der Waals surface area contributed by atoms with E-state index >= 15 is 0 Å². The second-order valence-corrected chi connectivity index (χ2v) is 6.62. The number of carbonyl (C=O) groups is 2. The first kappa shape index (κ1) is 31.5. The molecule has 27 heavy (non-hydrogen) atoms. The maximum absolute atomic E-state index is 11.8. The zero-order valence-electron chi connectivity index (χ0n) is 17.7. The van der Waals surface area contributed by atoms with Crippen LogP contribution >= 0.6 is 0 Å². The SMILES string of the molecule is CCCCCCCCCCCC(=O)N(C)[C@@H](C)C(=O)O.OCC(O)CO.[Na]. The number of carboxylic acids is 1. The molecule has 1 radical (unpaired) electrons. The van der Waals surface area contributed by atoms with Crippen LogP contribution in [0, 0.1) is 0 Å². The Bertz CT molecular complexity index is 353. The number of likely N-dealkylation sites (N-methyl/N-ethyl adjacent to an activating group) is 1. The monoisotopic (exact) mass is 400 g/mol. The molecule has 8 heteroatoms. The van der Waals surface area contributed by atoms with Crippen molar-refractivity contribution in [3.05, 3.63) is 0 Å². The van der Waals surface area contributed by atoms with Crippen molar-refractivity contribution in [1.82, 2.24) is 4.90 Å². The van der Waals surface area contributed by atoms with Crippen LogP contribution in [0.3, 0.4) is 0 Å². The second-order valence-electron chi connectivity index (χ2n) is 6.62. The Hall–Kier alpha value is -0.180. The van der Waals surface area contributed by atoms with Crippen molar-refractivity contribution in [1.29, 1.82) is 0 Å². The molecule has 0 aromatic carbocycles. The maximum atomic E-state index is 11.8. The van der Waals surface area contributed by atoms with Crippen molar-refractivity contribution in [3.8, 4) is 0 Å². The fraction of sp³-hybridized carbons (Fsp3) is 0.895. The van der Waals surface area contributed by atoms with Crippen molar-refractivity contribution in [2.45, 2.75) is 90.2 Å². The van der Waals surface area contributed by atoms with Gasteiger partial charge in [0.15, 0.2) is 0 Å². The third-order valence-corrected chi connectivity index (χ3v) is 4.25. The summed E-state index contributed by atoms with van der Waals surface area (Å²) in [6, 6.07) is -0.735. The minimum absolute atomic E-state index is 0. The van der Waals surface area contributed by atoms with Gasteiger partial charge in [0.25, 0.3) is 0 Å². The molecule has 0 fully saturated rings. The van der Waals surface area contributed by atoms with Gasteiger partial charge in [0, 0.05) is 43.0 Å². The molecule has 0 rings (SSSR count). The van der Waals surface area contributed by atoms with Crippen molar-refractivity contribution < 1.29 is 30.0 Å². The number of aliphatic hydroxyl groups excluding tert-OH is 3. The van der Waals surface area contributed by atoms with Gasteiger partial charge in [-0.15, -0.1) is 0 Å². The Morgan fingerprint density at radius 3 is 1.63 bits per heavy atom. The summed E-state index contributed by atoms with van der Waals surface area (Å²) in [5.41, 5.74) is 0. The molecule has 4 N–H and O–H groups in total. The summed E-state index contributed by atoms with van der Waals surface area (Å²) >= 11 is 0. The van der Waals surface area contributed by atoms with E-state index in [4.69, 9.17) is 20.4 Å². The third-order valence-electron chi connectivity index (χ3n) is 4.25. The quantitative estimate of drug-likeness (QED) is 0.261. The Kier molecular flexibility index (Phi) is 25.8. The van der Waals surface area contributed by atoms with Gasteiger partial charge >= 0.3 is 5.97 Å². The molecule has 1 atom stereocenters. The van der Waals surface area contributed by atoms with E-state index in [9.17, 15) is 9.59 Å². The fourth-order valence-electron chi connectivity index (χ4n) is 2.20. The normalized spacial score (nSPS) is 11.2. The van der Waals surface area contributed by atoms with E-state index in [-0.39, 0.29) is 48.7 Å². The van der Waals surface area contributed by atoms with E-state index < -0.39 is 18.1 Å². The van der Waals surface area contributed by atoms with E-state index in [0.29, 0.717) is 6.42 Å². The molecule has 0 aliphatic heterocycles. The summed E-state index contributed by atoms with van der Waals surface area (Å²) in [6.45, 7) is 3.03. The molecular formula is C19H39NNaO6. The van der Waals surface area contributed by atoms with Crippen molar-refractivity contribution >= 4 is 41.4 Å². The van der Waals surface area contributed by atoms with Gasteiger partial charge in [-0.1, -0.05) is 58.3 Å². The van der Waals surface area contributed by atoms with Crippen LogP contribution in [-0.2, 0) is 9.59 Å². The molecule has 0 aliphatic rings. The predicted octanol–water partition coefficient (Wildman–Crippen LogP) is 1.79. The van der Waals surface area contributed by atoms with Crippen LogP contribution in [0.5, 0.6) is 0 Å². The number of carboxylic acid groups (broad SMARTS) is 1. The number of carbonyl (C=O) groups excluding carboxylic acids is 1. The predicted molar refractivity (Wildman–Crippen MR) is 108 cm³/mol. The number of hydrogen-bond acceptors (Lipinski definition) is 5. The van der Waals surface area contributed by atoms with Crippen LogP contribution in [0.1, 0.15) is 78.1 Å². The summed E-state index contributed by atoms with van der Waals surface area (Å²) in [4.78, 5) is 23.9. The number of rotatable bonds is 14. The fourth-order valence-corrected chi connectivity index (χ4v) is 2.20. The van der Waals surface area contributed by atoms with Crippen molar-refractivity contribution in [3.63, 3.8) is 0 Å². The zero-order chi connectivity index (χ0) is 20.4. The number of amides is 1. The second kappa shape index (κ2) is 22.1. The maximum Gasteiger partial charge on any atom is 0.326 e. The van der Waals surface area contributed by atoms with Gasteiger partial charge in [0.05, 0.1) is 13.2 Å². The summed E-state index contributed by atoms with van der Waals surface area (Å²) < 4.78 is 0. The first-order chi connectivity index (χ1) is 12.3. The molecule has 0 unspecified atom stereocenters. The number of nitrogens with zero attached hydrogens (tertiary/aromatic N) is 1. The molecule has 0 heterocycles. The molecular weight excluding hydrogens is 361 g/mol. The summed E-state index contributed by atoms with van der Waals surface area (Å²) in [6.07, 6.45) is 10.4. The van der Waals surface area contributed by atoms with E-state index in [2.05, 4.69) is 6.92 Å². The van der Waals surface area contributed by atoms with Crippen LogP contribution < -0.4 is 0 Å². The van der Waals surface area contributed by atoms with E-state index in [0.717, 1.165) is 12.8 Å². The average molecular weight is 401 g/mol. The molecule has 0 saturated carbocycles. The number of aliphatic carboxylic acids is 1. The van der Waals surface area contributed by atoms with Crippen molar-refractivity contribution in [2.24, 2.45) is 0 Å². The van der Waals surface area contributed by atoms with Crippen molar-refractivity contribution in [2.75, 3.05) is 20.3 Å². The Labute approximate surface area is 186 Å². The Morgan fingerprint density at radius 1 is 0.889 bits per heavy atom. The number of unbranched alkanes of at least 4 members (excludes halogenated alkanes) is 8. The Balaban J connectivity index is -0.000000709. The minimum Gasteiger partial charge on any atom is -0.480 e. The van der Waals surface area contributed by atoms with Gasteiger partial charge in [0.1, 0.15) is 12.1 Å². The van der Waals surface area contributed by atoms with Gasteiger partial charge in [-0.05, 0) is 13.3 Å². The van der Waals surface area contributed by atoms with E-state index in [1.54, 1.807) is 7.05 Å². The van der Waals surface area contributed by atoms with Crippen LogP contribution in [0.4, 0.5) is 0 Å². The number of hydrogen-bond donors (Lipinski definition) is 4. The summed E-state index contributed by atoms with van der Waals surface area (Å²) in [5.74, 6) is -1.02. The van der Waals surface area contributed by atoms with Crippen LogP contribution in [0.15, 0.2) is 0 Å². The topological polar surface area (TPSA) is 118 Å². The van der Waals surface area contributed by atoms with Crippen LogP contribution in [0.2, 0.25) is 0 Å². The van der Waals surface area contributed by atoms with Gasteiger partial charge in [-0.2, -0.15) is 0 Å². The largest absolute Gasteiger partial charge is 0.480 e. The first-order valence-electron chi connectivity index (χ1n) is 9.69. The van der Waals surface area contributed by atoms with E-state index in [1.165, 1.54) is 56.8 Å². The molecule has 0 aromatic heterocycles. The molecule has 7 nitrogen and oxygen atoms in total. The van der Waals surface area contributed by atoms with Crippen LogP contribution in [-0.4, -0.2) is 99.2 Å². The minimum atomic E-state index is -0.954. The molecule has 1 amide bonds. The molecule has 0 bridgehead atoms. The molecule has 0 aliphatic carbocycles. The van der Waals surface area contributed by atoms with E-state index in [1.807, 2.05) is 0 Å². The van der Waals surface area contributed by atoms with Crippen LogP contribution in [0.25, 0.3) is 0 Å². The third kappa shape index (κ3) is 20.4.